The average molecular weight is 300 g/mol. The van der Waals surface area contributed by atoms with Crippen molar-refractivity contribution in [3.8, 4) is 0 Å². The molecule has 3 rings (SSSR count). The van der Waals surface area contributed by atoms with Crippen LogP contribution in [0.15, 0.2) is 18.2 Å². The summed E-state index contributed by atoms with van der Waals surface area (Å²) >= 11 is 0. The molecule has 0 bridgehead atoms. The molecule has 0 radical (unpaired) electrons. The Balaban J connectivity index is 1.80. The van der Waals surface area contributed by atoms with Crippen molar-refractivity contribution >= 4 is 17.5 Å². The van der Waals surface area contributed by atoms with Gasteiger partial charge in [-0.3, -0.25) is 9.59 Å². The van der Waals surface area contributed by atoms with Gasteiger partial charge in [0.15, 0.2) is 0 Å². The number of anilines is 1. The third kappa shape index (κ3) is 2.51. The normalized spacial score (nSPS) is 21.5. The minimum atomic E-state index is -0.378. The summed E-state index contributed by atoms with van der Waals surface area (Å²) in [5.41, 5.74) is 3.77. The number of aryl methyl sites for hydroxylation is 2. The molecule has 118 valence electrons. The van der Waals surface area contributed by atoms with Crippen LogP contribution in [0, 0.1) is 5.92 Å². The summed E-state index contributed by atoms with van der Waals surface area (Å²) in [6, 6.07) is 5.99. The van der Waals surface area contributed by atoms with Crippen molar-refractivity contribution in [3.63, 3.8) is 0 Å². The van der Waals surface area contributed by atoms with Gasteiger partial charge < -0.3 is 9.80 Å². The number of benzene rings is 1. The lowest BCUT2D eigenvalue weighted by atomic mass is 10.1. The van der Waals surface area contributed by atoms with Gasteiger partial charge in [0.05, 0.1) is 0 Å². The van der Waals surface area contributed by atoms with Crippen molar-refractivity contribution < 1.29 is 9.59 Å². The van der Waals surface area contributed by atoms with Gasteiger partial charge in [-0.15, -0.1) is 0 Å². The van der Waals surface area contributed by atoms with E-state index in [1.165, 1.54) is 17.5 Å². The Kier molecular flexibility index (Phi) is 3.94. The minimum Gasteiger partial charge on any atom is -0.329 e. The van der Waals surface area contributed by atoms with Crippen LogP contribution in [0.2, 0.25) is 0 Å². The fraction of sp³-hybridized carbons (Fsp3) is 0.556. The van der Waals surface area contributed by atoms with Gasteiger partial charge in [0, 0.05) is 24.7 Å². The van der Waals surface area contributed by atoms with Gasteiger partial charge in [-0.25, -0.2) is 0 Å². The SMILES string of the molecule is CC(C)C(=O)N1CCN(c2ccc3c(c2)CCC3)C(=O)C1C. The third-order valence-electron chi connectivity index (χ3n) is 4.83. The van der Waals surface area contributed by atoms with Crippen LogP contribution in [0.25, 0.3) is 0 Å². The summed E-state index contributed by atoms with van der Waals surface area (Å²) < 4.78 is 0. The number of hydrogen-bond donors (Lipinski definition) is 0. The highest BCUT2D eigenvalue weighted by Crippen LogP contribution is 2.28. The Bertz CT molecular complexity index is 609. The number of piperazine rings is 1. The van der Waals surface area contributed by atoms with Crippen LogP contribution in [0.5, 0.6) is 0 Å². The molecule has 1 aromatic carbocycles. The monoisotopic (exact) mass is 300 g/mol. The van der Waals surface area contributed by atoms with E-state index in [0.29, 0.717) is 13.1 Å². The molecule has 1 fully saturated rings. The van der Waals surface area contributed by atoms with Crippen molar-refractivity contribution in [1.29, 1.82) is 0 Å². The van der Waals surface area contributed by atoms with Crippen LogP contribution >= 0.6 is 0 Å². The second-order valence-corrected chi connectivity index (χ2v) is 6.66. The molecule has 0 N–H and O–H groups in total. The van der Waals surface area contributed by atoms with Gasteiger partial charge in [0.2, 0.25) is 11.8 Å². The average Bonchev–Trinajstić information content (AvgIpc) is 2.96. The highest BCUT2D eigenvalue weighted by molar-refractivity contribution is 6.00. The van der Waals surface area contributed by atoms with Crippen LogP contribution in [0.3, 0.4) is 0 Å². The Hall–Kier alpha value is -1.84. The van der Waals surface area contributed by atoms with E-state index < -0.39 is 0 Å². The molecule has 1 atom stereocenters. The molecule has 0 aromatic heterocycles. The van der Waals surface area contributed by atoms with E-state index in [1.54, 1.807) is 4.90 Å². The third-order valence-corrected chi connectivity index (χ3v) is 4.83. The molecule has 1 heterocycles. The topological polar surface area (TPSA) is 40.6 Å². The lowest BCUT2D eigenvalue weighted by molar-refractivity contribution is -0.143. The van der Waals surface area contributed by atoms with Crippen molar-refractivity contribution in [2.75, 3.05) is 18.0 Å². The summed E-state index contributed by atoms with van der Waals surface area (Å²) in [4.78, 5) is 28.5. The summed E-state index contributed by atoms with van der Waals surface area (Å²) in [6.07, 6.45) is 3.47. The zero-order chi connectivity index (χ0) is 15.9. The van der Waals surface area contributed by atoms with Crippen LogP contribution in [-0.2, 0) is 22.4 Å². The van der Waals surface area contributed by atoms with Gasteiger partial charge in [-0.05, 0) is 49.4 Å². The molecule has 1 aromatic rings. The summed E-state index contributed by atoms with van der Waals surface area (Å²) in [6.45, 7) is 6.79. The minimum absolute atomic E-state index is 0.0261. The second-order valence-electron chi connectivity index (χ2n) is 6.66. The largest absolute Gasteiger partial charge is 0.329 e. The lowest BCUT2D eigenvalue weighted by Crippen LogP contribution is -2.58. The summed E-state index contributed by atoms with van der Waals surface area (Å²) in [7, 11) is 0. The van der Waals surface area contributed by atoms with Gasteiger partial charge >= 0.3 is 0 Å². The predicted octanol–water partition coefficient (Wildman–Crippen LogP) is 2.40. The quantitative estimate of drug-likeness (QED) is 0.841. The second kappa shape index (κ2) is 5.75. The van der Waals surface area contributed by atoms with E-state index >= 15 is 0 Å². The molecular weight excluding hydrogens is 276 g/mol. The van der Waals surface area contributed by atoms with Crippen molar-refractivity contribution in [2.45, 2.75) is 46.1 Å². The maximum Gasteiger partial charge on any atom is 0.249 e. The molecule has 0 spiro atoms. The molecular formula is C18H24N2O2. The highest BCUT2D eigenvalue weighted by atomic mass is 16.2. The van der Waals surface area contributed by atoms with Gasteiger partial charge in [0.1, 0.15) is 6.04 Å². The first-order valence-electron chi connectivity index (χ1n) is 8.22. The number of fused-ring (bicyclic) bond motifs is 1. The van der Waals surface area contributed by atoms with Gasteiger partial charge in [-0.2, -0.15) is 0 Å². The van der Waals surface area contributed by atoms with E-state index in [1.807, 2.05) is 25.7 Å². The van der Waals surface area contributed by atoms with Crippen molar-refractivity contribution in [3.05, 3.63) is 29.3 Å². The maximum absolute atomic E-state index is 12.7. The lowest BCUT2D eigenvalue weighted by Gasteiger charge is -2.40. The number of nitrogens with zero attached hydrogens (tertiary/aromatic N) is 2. The Labute approximate surface area is 132 Å². The van der Waals surface area contributed by atoms with Crippen LogP contribution in [0.1, 0.15) is 38.3 Å². The summed E-state index contributed by atoms with van der Waals surface area (Å²) in [5.74, 6) is 0.0226. The predicted molar refractivity (Wildman–Crippen MR) is 86.8 cm³/mol. The zero-order valence-corrected chi connectivity index (χ0v) is 13.6. The van der Waals surface area contributed by atoms with Gasteiger partial charge in [0.25, 0.3) is 0 Å². The van der Waals surface area contributed by atoms with Crippen molar-refractivity contribution in [2.24, 2.45) is 5.92 Å². The van der Waals surface area contributed by atoms with Crippen LogP contribution in [-0.4, -0.2) is 35.8 Å². The number of amides is 2. The van der Waals surface area contributed by atoms with E-state index in [9.17, 15) is 9.59 Å². The number of rotatable bonds is 2. The number of carbonyl (C=O) groups is 2. The number of carbonyl (C=O) groups excluding carboxylic acids is 2. The Morgan fingerprint density at radius 1 is 1.18 bits per heavy atom. The summed E-state index contributed by atoms with van der Waals surface area (Å²) in [5, 5.41) is 0. The zero-order valence-electron chi connectivity index (χ0n) is 13.6. The van der Waals surface area contributed by atoms with E-state index in [-0.39, 0.29) is 23.8 Å². The molecule has 1 aliphatic heterocycles. The van der Waals surface area contributed by atoms with Crippen LogP contribution in [0.4, 0.5) is 5.69 Å². The first-order valence-corrected chi connectivity index (χ1v) is 8.22. The molecule has 4 heteroatoms. The molecule has 2 aliphatic rings. The standard InChI is InChI=1S/C18H24N2O2/c1-12(2)17(21)19-9-10-20(18(22)13(19)3)16-8-7-14-5-4-6-15(14)11-16/h7-8,11-13H,4-6,9-10H2,1-3H3. The molecule has 1 unspecified atom stereocenters. The first kappa shape index (κ1) is 15.1. The van der Waals surface area contributed by atoms with E-state index in [0.717, 1.165) is 18.5 Å². The Morgan fingerprint density at radius 3 is 2.64 bits per heavy atom. The molecule has 2 amide bonds. The number of hydrogen-bond acceptors (Lipinski definition) is 2. The van der Waals surface area contributed by atoms with Gasteiger partial charge in [-0.1, -0.05) is 19.9 Å². The molecule has 0 saturated carbocycles. The first-order chi connectivity index (χ1) is 10.5. The van der Waals surface area contributed by atoms with E-state index in [2.05, 4.69) is 18.2 Å². The van der Waals surface area contributed by atoms with Crippen molar-refractivity contribution in [1.82, 2.24) is 4.90 Å². The molecule has 1 aliphatic carbocycles. The fourth-order valence-corrected chi connectivity index (χ4v) is 3.49. The molecule has 1 saturated heterocycles. The highest BCUT2D eigenvalue weighted by Gasteiger charge is 2.35. The molecule has 22 heavy (non-hydrogen) atoms. The van der Waals surface area contributed by atoms with E-state index in [4.69, 9.17) is 0 Å². The fourth-order valence-electron chi connectivity index (χ4n) is 3.49. The molecule has 4 nitrogen and oxygen atoms in total. The maximum atomic E-state index is 12.7. The smallest absolute Gasteiger partial charge is 0.249 e. The van der Waals surface area contributed by atoms with Crippen LogP contribution < -0.4 is 4.90 Å². The Morgan fingerprint density at radius 2 is 1.91 bits per heavy atom.